The third kappa shape index (κ3) is 4.64. The van der Waals surface area contributed by atoms with Gasteiger partial charge in [-0.1, -0.05) is 0 Å². The summed E-state index contributed by atoms with van der Waals surface area (Å²) in [6.45, 7) is 6.97. The van der Waals surface area contributed by atoms with Gasteiger partial charge >= 0.3 is 11.9 Å². The van der Waals surface area contributed by atoms with E-state index in [1.54, 1.807) is 0 Å². The van der Waals surface area contributed by atoms with E-state index in [9.17, 15) is 9.59 Å². The molecule has 0 amide bonds. The van der Waals surface area contributed by atoms with E-state index in [2.05, 4.69) is 4.74 Å². The van der Waals surface area contributed by atoms with Crippen molar-refractivity contribution in [3.05, 3.63) is 0 Å². The van der Waals surface area contributed by atoms with Gasteiger partial charge in [0.15, 0.2) is 0 Å². The van der Waals surface area contributed by atoms with Gasteiger partial charge in [-0.2, -0.15) is 0 Å². The van der Waals surface area contributed by atoms with E-state index in [0.29, 0.717) is 13.0 Å². The van der Waals surface area contributed by atoms with Crippen LogP contribution in [0.15, 0.2) is 0 Å². The van der Waals surface area contributed by atoms with Crippen molar-refractivity contribution in [2.75, 3.05) is 20.2 Å². The molecule has 1 aliphatic heterocycles. The molecule has 0 aromatic carbocycles. The summed E-state index contributed by atoms with van der Waals surface area (Å²) in [7, 11) is 1.37. The highest BCUT2D eigenvalue weighted by Crippen LogP contribution is 2.21. The topological polar surface area (TPSA) is 55.8 Å². The Morgan fingerprint density at radius 1 is 1.33 bits per heavy atom. The van der Waals surface area contributed by atoms with E-state index >= 15 is 0 Å². The van der Waals surface area contributed by atoms with Crippen molar-refractivity contribution in [2.45, 2.75) is 51.7 Å². The zero-order chi connectivity index (χ0) is 13.8. The van der Waals surface area contributed by atoms with Crippen molar-refractivity contribution in [3.63, 3.8) is 0 Å². The van der Waals surface area contributed by atoms with Gasteiger partial charge < -0.3 is 9.47 Å². The molecule has 0 unspecified atom stereocenters. The standard InChI is InChI=1S/C13H23NO4/c1-13(2,3)18-12(16)10-6-5-8-14(10)9-7-11(15)17-4/h10H,5-9H2,1-4H3/t10-/m1/s1. The number of carbonyl (C=O) groups excluding carboxylic acids is 2. The molecule has 1 rings (SSSR count). The summed E-state index contributed by atoms with van der Waals surface area (Å²) < 4.78 is 9.99. The monoisotopic (exact) mass is 257 g/mol. The second-order valence-electron chi connectivity index (χ2n) is 5.55. The Bertz CT molecular complexity index is 309. The van der Waals surface area contributed by atoms with Gasteiger partial charge in [-0.15, -0.1) is 0 Å². The lowest BCUT2D eigenvalue weighted by atomic mass is 10.1. The highest BCUT2D eigenvalue weighted by atomic mass is 16.6. The molecular formula is C13H23NO4. The molecule has 104 valence electrons. The highest BCUT2D eigenvalue weighted by Gasteiger charge is 2.33. The van der Waals surface area contributed by atoms with Gasteiger partial charge in [0.25, 0.3) is 0 Å². The van der Waals surface area contributed by atoms with Crippen LogP contribution in [0.25, 0.3) is 0 Å². The molecule has 1 atom stereocenters. The Hall–Kier alpha value is -1.10. The molecular weight excluding hydrogens is 234 g/mol. The Kier molecular flexibility index (Phi) is 5.14. The summed E-state index contributed by atoms with van der Waals surface area (Å²) >= 11 is 0. The second-order valence-corrected chi connectivity index (χ2v) is 5.55. The van der Waals surface area contributed by atoms with E-state index < -0.39 is 5.60 Å². The van der Waals surface area contributed by atoms with Crippen LogP contribution in [0, 0.1) is 0 Å². The fourth-order valence-corrected chi connectivity index (χ4v) is 2.07. The first-order valence-corrected chi connectivity index (χ1v) is 6.37. The molecule has 1 heterocycles. The minimum atomic E-state index is -0.465. The molecule has 1 aliphatic rings. The third-order valence-electron chi connectivity index (χ3n) is 2.87. The summed E-state index contributed by atoms with van der Waals surface area (Å²) in [6, 6.07) is -0.214. The Labute approximate surface area is 108 Å². The summed E-state index contributed by atoms with van der Waals surface area (Å²) in [5.74, 6) is -0.435. The summed E-state index contributed by atoms with van der Waals surface area (Å²) in [5, 5.41) is 0. The number of likely N-dealkylation sites (tertiary alicyclic amines) is 1. The number of nitrogens with zero attached hydrogens (tertiary/aromatic N) is 1. The van der Waals surface area contributed by atoms with Crippen molar-refractivity contribution in [1.82, 2.24) is 4.90 Å². The molecule has 0 saturated carbocycles. The van der Waals surface area contributed by atoms with E-state index in [1.165, 1.54) is 7.11 Å². The predicted octanol–water partition coefficient (Wildman–Crippen LogP) is 1.36. The maximum atomic E-state index is 12.0. The van der Waals surface area contributed by atoms with Crippen LogP contribution in [0.3, 0.4) is 0 Å². The van der Waals surface area contributed by atoms with Crippen molar-refractivity contribution in [1.29, 1.82) is 0 Å². The minimum absolute atomic E-state index is 0.190. The van der Waals surface area contributed by atoms with Gasteiger partial charge in [0.1, 0.15) is 11.6 Å². The predicted molar refractivity (Wildman–Crippen MR) is 67.1 cm³/mol. The number of rotatable bonds is 4. The van der Waals surface area contributed by atoms with E-state index in [0.717, 1.165) is 19.4 Å². The molecule has 0 aliphatic carbocycles. The molecule has 18 heavy (non-hydrogen) atoms. The van der Waals surface area contributed by atoms with E-state index in [4.69, 9.17) is 4.74 Å². The fourth-order valence-electron chi connectivity index (χ4n) is 2.07. The van der Waals surface area contributed by atoms with Gasteiger partial charge in [0.05, 0.1) is 13.5 Å². The molecule has 1 saturated heterocycles. The molecule has 0 N–H and O–H groups in total. The fraction of sp³-hybridized carbons (Fsp3) is 0.846. The van der Waals surface area contributed by atoms with Gasteiger partial charge in [-0.25, -0.2) is 0 Å². The van der Waals surface area contributed by atoms with E-state index in [-0.39, 0.29) is 18.0 Å². The van der Waals surface area contributed by atoms with Crippen LogP contribution in [0.5, 0.6) is 0 Å². The number of methoxy groups -OCH3 is 1. The minimum Gasteiger partial charge on any atom is -0.469 e. The maximum Gasteiger partial charge on any atom is 0.323 e. The van der Waals surface area contributed by atoms with Crippen LogP contribution in [0.4, 0.5) is 0 Å². The molecule has 0 bridgehead atoms. The first kappa shape index (κ1) is 15.0. The van der Waals surface area contributed by atoms with Crippen molar-refractivity contribution < 1.29 is 19.1 Å². The summed E-state index contributed by atoms with van der Waals surface area (Å²) in [5.41, 5.74) is -0.465. The number of hydrogen-bond donors (Lipinski definition) is 0. The SMILES string of the molecule is COC(=O)CCN1CCC[C@@H]1C(=O)OC(C)(C)C. The average Bonchev–Trinajstić information content (AvgIpc) is 2.71. The molecule has 5 nitrogen and oxygen atoms in total. The van der Waals surface area contributed by atoms with E-state index in [1.807, 2.05) is 25.7 Å². The maximum absolute atomic E-state index is 12.0. The lowest BCUT2D eigenvalue weighted by molar-refractivity contribution is -0.160. The lowest BCUT2D eigenvalue weighted by Crippen LogP contribution is -2.41. The molecule has 0 spiro atoms. The second kappa shape index (κ2) is 6.18. The number of hydrogen-bond acceptors (Lipinski definition) is 5. The molecule has 0 aromatic heterocycles. The van der Waals surface area contributed by atoms with Crippen LogP contribution in [0.2, 0.25) is 0 Å². The van der Waals surface area contributed by atoms with Crippen LogP contribution >= 0.6 is 0 Å². The number of esters is 2. The Balaban J connectivity index is 2.49. The van der Waals surface area contributed by atoms with Crippen molar-refractivity contribution >= 4 is 11.9 Å². The third-order valence-corrected chi connectivity index (χ3v) is 2.87. The molecule has 5 heteroatoms. The Morgan fingerprint density at radius 2 is 2.00 bits per heavy atom. The van der Waals surface area contributed by atoms with Gasteiger partial charge in [0.2, 0.25) is 0 Å². The van der Waals surface area contributed by atoms with Crippen molar-refractivity contribution in [2.24, 2.45) is 0 Å². The summed E-state index contributed by atoms with van der Waals surface area (Å²) in [6.07, 6.45) is 2.08. The van der Waals surface area contributed by atoms with Crippen LogP contribution in [-0.2, 0) is 19.1 Å². The van der Waals surface area contributed by atoms with Gasteiger partial charge in [-0.3, -0.25) is 14.5 Å². The van der Waals surface area contributed by atoms with Crippen LogP contribution in [-0.4, -0.2) is 48.7 Å². The summed E-state index contributed by atoms with van der Waals surface area (Å²) in [4.78, 5) is 25.1. The highest BCUT2D eigenvalue weighted by molar-refractivity contribution is 5.76. The largest absolute Gasteiger partial charge is 0.469 e. The first-order chi connectivity index (χ1) is 8.33. The van der Waals surface area contributed by atoms with Crippen LogP contribution in [0.1, 0.15) is 40.0 Å². The van der Waals surface area contributed by atoms with Gasteiger partial charge in [0, 0.05) is 6.54 Å². The number of ether oxygens (including phenoxy) is 2. The van der Waals surface area contributed by atoms with Gasteiger partial charge in [-0.05, 0) is 40.2 Å². The smallest absolute Gasteiger partial charge is 0.323 e. The Morgan fingerprint density at radius 3 is 2.56 bits per heavy atom. The quantitative estimate of drug-likeness (QED) is 0.712. The molecule has 0 aromatic rings. The zero-order valence-electron chi connectivity index (χ0n) is 11.7. The lowest BCUT2D eigenvalue weighted by Gasteiger charge is -2.27. The van der Waals surface area contributed by atoms with Crippen molar-refractivity contribution in [3.8, 4) is 0 Å². The zero-order valence-corrected chi connectivity index (χ0v) is 11.7. The first-order valence-electron chi connectivity index (χ1n) is 6.37. The molecule has 1 fully saturated rings. The number of carbonyl (C=O) groups is 2. The van der Waals surface area contributed by atoms with Crippen LogP contribution < -0.4 is 0 Å². The molecule has 0 radical (unpaired) electrons. The normalized spacial score (nSPS) is 20.8. The average molecular weight is 257 g/mol.